The van der Waals surface area contributed by atoms with Crippen LogP contribution in [0.25, 0.3) is 5.69 Å². The minimum atomic E-state index is -4.44. The van der Waals surface area contributed by atoms with Gasteiger partial charge in [0.05, 0.1) is 11.9 Å². The van der Waals surface area contributed by atoms with Crippen LogP contribution in [0.3, 0.4) is 0 Å². The van der Waals surface area contributed by atoms with Crippen molar-refractivity contribution < 1.29 is 13.2 Å². The Morgan fingerprint density at radius 1 is 1.18 bits per heavy atom. The maximum atomic E-state index is 13.5. The van der Waals surface area contributed by atoms with Crippen LogP contribution in [-0.2, 0) is 12.7 Å². The summed E-state index contributed by atoms with van der Waals surface area (Å²) in [6.07, 6.45) is -1.05. The Bertz CT molecular complexity index is 664. The number of nitrogens with one attached hydrogen (secondary N) is 1. The van der Waals surface area contributed by atoms with Crippen molar-refractivity contribution >= 4 is 0 Å². The molecule has 0 radical (unpaired) electrons. The molecule has 0 atom stereocenters. The Morgan fingerprint density at radius 2 is 1.82 bits per heavy atom. The van der Waals surface area contributed by atoms with Crippen LogP contribution < -0.4 is 5.32 Å². The molecule has 6 heteroatoms. The average Bonchev–Trinajstić information content (AvgIpc) is 3.11. The summed E-state index contributed by atoms with van der Waals surface area (Å²) in [6, 6.07) is 5.71. The molecule has 1 saturated carbocycles. The number of alkyl halides is 3. The number of halogens is 3. The second-order valence-electron chi connectivity index (χ2n) is 5.93. The lowest BCUT2D eigenvalue weighted by molar-refractivity contribution is -0.143. The van der Waals surface area contributed by atoms with Crippen molar-refractivity contribution in [2.45, 2.75) is 45.5 Å². The number of rotatable bonds is 4. The molecule has 118 valence electrons. The molecule has 3 nitrogen and oxygen atoms in total. The molecule has 0 spiro atoms. The molecule has 0 bridgehead atoms. The molecule has 1 fully saturated rings. The zero-order valence-corrected chi connectivity index (χ0v) is 12.5. The van der Waals surface area contributed by atoms with E-state index in [0.717, 1.165) is 28.7 Å². The number of hydrogen-bond donors (Lipinski definition) is 1. The van der Waals surface area contributed by atoms with Crippen LogP contribution in [0, 0.1) is 13.8 Å². The third kappa shape index (κ3) is 3.16. The van der Waals surface area contributed by atoms with Crippen molar-refractivity contribution in [3.8, 4) is 5.69 Å². The van der Waals surface area contributed by atoms with Gasteiger partial charge < -0.3 is 5.32 Å². The van der Waals surface area contributed by atoms with E-state index in [1.54, 1.807) is 12.1 Å². The molecule has 0 amide bonds. The van der Waals surface area contributed by atoms with Gasteiger partial charge in [0.1, 0.15) is 0 Å². The second kappa shape index (κ2) is 5.43. The molecule has 1 aromatic heterocycles. The van der Waals surface area contributed by atoms with Crippen molar-refractivity contribution in [2.75, 3.05) is 0 Å². The fraction of sp³-hybridized carbons (Fsp3) is 0.438. The Morgan fingerprint density at radius 3 is 2.36 bits per heavy atom. The monoisotopic (exact) mass is 309 g/mol. The first-order chi connectivity index (χ1) is 10.3. The van der Waals surface area contributed by atoms with Gasteiger partial charge in [0.25, 0.3) is 0 Å². The Kier molecular flexibility index (Phi) is 3.72. The first-order valence-corrected chi connectivity index (χ1v) is 7.31. The van der Waals surface area contributed by atoms with Gasteiger partial charge in [-0.15, -0.1) is 0 Å². The smallest absolute Gasteiger partial charge is 0.310 e. The number of hydrogen-bond acceptors (Lipinski definition) is 2. The quantitative estimate of drug-likeness (QED) is 0.932. The van der Waals surface area contributed by atoms with Crippen molar-refractivity contribution in [3.63, 3.8) is 0 Å². The zero-order chi connectivity index (χ0) is 15.9. The first kappa shape index (κ1) is 15.1. The highest BCUT2D eigenvalue weighted by atomic mass is 19.4. The van der Waals surface area contributed by atoms with Crippen molar-refractivity contribution in [2.24, 2.45) is 0 Å². The molecule has 3 rings (SSSR count). The number of aromatic nitrogens is 2. The van der Waals surface area contributed by atoms with Gasteiger partial charge in [0.2, 0.25) is 0 Å². The van der Waals surface area contributed by atoms with Gasteiger partial charge in [0.15, 0.2) is 5.69 Å². The summed E-state index contributed by atoms with van der Waals surface area (Å²) in [5, 5.41) is 7.11. The standard InChI is InChI=1S/C16H18F3N3/c1-10-5-11(2)7-14(6-10)22-15(16(17,18)19)12(9-21-22)8-20-13-3-4-13/h5-7,9,13,20H,3-4,8H2,1-2H3. The molecule has 1 aliphatic carbocycles. The van der Waals surface area contributed by atoms with Crippen LogP contribution in [0.2, 0.25) is 0 Å². The molecule has 22 heavy (non-hydrogen) atoms. The highest BCUT2D eigenvalue weighted by molar-refractivity contribution is 5.41. The van der Waals surface area contributed by atoms with E-state index in [4.69, 9.17) is 0 Å². The molecule has 2 aromatic rings. The summed E-state index contributed by atoms with van der Waals surface area (Å²) >= 11 is 0. The van der Waals surface area contributed by atoms with Gasteiger partial charge in [-0.25, -0.2) is 4.68 Å². The average molecular weight is 309 g/mol. The highest BCUT2D eigenvalue weighted by Crippen LogP contribution is 2.34. The summed E-state index contributed by atoms with van der Waals surface area (Å²) in [5.74, 6) is 0. The maximum absolute atomic E-state index is 13.5. The lowest BCUT2D eigenvalue weighted by atomic mass is 10.1. The normalized spacial score (nSPS) is 15.3. The summed E-state index contributed by atoms with van der Waals surface area (Å²) in [6.45, 7) is 3.93. The molecule has 0 aliphatic heterocycles. The summed E-state index contributed by atoms with van der Waals surface area (Å²) in [5.41, 5.74) is 1.78. The van der Waals surface area contributed by atoms with Gasteiger partial charge in [-0.2, -0.15) is 18.3 Å². The summed E-state index contributed by atoms with van der Waals surface area (Å²) < 4.78 is 41.4. The van der Waals surface area contributed by atoms with Gasteiger partial charge in [-0.3, -0.25) is 0 Å². The van der Waals surface area contributed by atoms with Crippen LogP contribution in [0.4, 0.5) is 13.2 Å². The Balaban J connectivity index is 2.02. The van der Waals surface area contributed by atoms with E-state index in [0.29, 0.717) is 11.7 Å². The van der Waals surface area contributed by atoms with Gasteiger partial charge in [-0.1, -0.05) is 6.07 Å². The van der Waals surface area contributed by atoms with Gasteiger partial charge in [-0.05, 0) is 49.9 Å². The molecule has 1 heterocycles. The van der Waals surface area contributed by atoms with E-state index in [1.165, 1.54) is 6.20 Å². The molecule has 1 aromatic carbocycles. The highest BCUT2D eigenvalue weighted by Gasteiger charge is 2.38. The van der Waals surface area contributed by atoms with Crippen LogP contribution in [-0.4, -0.2) is 15.8 Å². The van der Waals surface area contributed by atoms with E-state index < -0.39 is 11.9 Å². The van der Waals surface area contributed by atoms with E-state index in [9.17, 15) is 13.2 Å². The molecule has 0 saturated heterocycles. The number of benzene rings is 1. The molecule has 1 N–H and O–H groups in total. The minimum Gasteiger partial charge on any atom is -0.310 e. The SMILES string of the molecule is Cc1cc(C)cc(-n2ncc(CNC3CC3)c2C(F)(F)F)c1. The second-order valence-corrected chi connectivity index (χ2v) is 5.93. The van der Waals surface area contributed by atoms with Gasteiger partial charge in [0, 0.05) is 18.2 Å². The molecule has 1 aliphatic rings. The van der Waals surface area contributed by atoms with Crippen LogP contribution in [0.5, 0.6) is 0 Å². The lowest BCUT2D eigenvalue weighted by Gasteiger charge is -2.14. The van der Waals surface area contributed by atoms with E-state index in [2.05, 4.69) is 10.4 Å². The third-order valence-corrected chi connectivity index (χ3v) is 3.72. The van der Waals surface area contributed by atoms with Crippen molar-refractivity contribution in [3.05, 3.63) is 46.8 Å². The Labute approximate surface area is 127 Å². The predicted octanol–water partition coefficient (Wildman–Crippen LogP) is 3.76. The molecule has 0 unspecified atom stereocenters. The van der Waals surface area contributed by atoms with Crippen molar-refractivity contribution in [1.82, 2.24) is 15.1 Å². The fourth-order valence-electron chi connectivity index (χ4n) is 2.62. The van der Waals surface area contributed by atoms with Crippen LogP contribution >= 0.6 is 0 Å². The fourth-order valence-corrected chi connectivity index (χ4v) is 2.62. The maximum Gasteiger partial charge on any atom is 0.433 e. The summed E-state index contributed by atoms with van der Waals surface area (Å²) in [4.78, 5) is 0. The number of nitrogens with zero attached hydrogens (tertiary/aromatic N) is 2. The van der Waals surface area contributed by atoms with E-state index in [1.807, 2.05) is 19.9 Å². The van der Waals surface area contributed by atoms with Crippen LogP contribution in [0.1, 0.15) is 35.2 Å². The van der Waals surface area contributed by atoms with Crippen molar-refractivity contribution in [1.29, 1.82) is 0 Å². The minimum absolute atomic E-state index is 0.193. The zero-order valence-electron chi connectivity index (χ0n) is 12.5. The first-order valence-electron chi connectivity index (χ1n) is 7.31. The van der Waals surface area contributed by atoms with Gasteiger partial charge >= 0.3 is 6.18 Å². The predicted molar refractivity (Wildman–Crippen MR) is 77.9 cm³/mol. The van der Waals surface area contributed by atoms with E-state index >= 15 is 0 Å². The lowest BCUT2D eigenvalue weighted by Crippen LogP contribution is -2.20. The summed E-state index contributed by atoms with van der Waals surface area (Å²) in [7, 11) is 0. The third-order valence-electron chi connectivity index (χ3n) is 3.72. The Hall–Kier alpha value is -1.82. The largest absolute Gasteiger partial charge is 0.433 e. The topological polar surface area (TPSA) is 29.9 Å². The molecular formula is C16H18F3N3. The number of aryl methyl sites for hydroxylation is 2. The van der Waals surface area contributed by atoms with Crippen LogP contribution in [0.15, 0.2) is 24.4 Å². The molecular weight excluding hydrogens is 291 g/mol. The van der Waals surface area contributed by atoms with E-state index in [-0.39, 0.29) is 12.1 Å².